The Morgan fingerprint density at radius 3 is 2.79 bits per heavy atom. The zero-order valence-corrected chi connectivity index (χ0v) is 12.4. The van der Waals surface area contributed by atoms with E-state index in [1.54, 1.807) is 24.4 Å². The minimum Gasteiger partial charge on any atom is -0.397 e. The molecular weight excluding hydrogens is 330 g/mol. The third kappa shape index (κ3) is 3.24. The van der Waals surface area contributed by atoms with Gasteiger partial charge < -0.3 is 11.1 Å². The van der Waals surface area contributed by atoms with Crippen molar-refractivity contribution in [1.29, 1.82) is 0 Å². The van der Waals surface area contributed by atoms with E-state index in [4.69, 9.17) is 17.3 Å². The molecule has 3 N–H and O–H groups in total. The summed E-state index contributed by atoms with van der Waals surface area (Å²) in [6, 6.07) is 5.03. The Labute approximate surface area is 124 Å². The van der Waals surface area contributed by atoms with Crippen LogP contribution in [0, 0.1) is 6.92 Å². The smallest absolute Gasteiger partial charge is 0.257 e. The number of pyridine rings is 1. The molecule has 1 aromatic heterocycles. The molecule has 4 nitrogen and oxygen atoms in total. The lowest BCUT2D eigenvalue weighted by Crippen LogP contribution is -2.13. The van der Waals surface area contributed by atoms with Gasteiger partial charge in [0.25, 0.3) is 5.91 Å². The van der Waals surface area contributed by atoms with Crippen molar-refractivity contribution in [3.63, 3.8) is 0 Å². The third-order valence-electron chi connectivity index (χ3n) is 2.55. The van der Waals surface area contributed by atoms with E-state index in [-0.39, 0.29) is 5.91 Å². The van der Waals surface area contributed by atoms with Crippen LogP contribution in [0.2, 0.25) is 5.02 Å². The lowest BCUT2D eigenvalue weighted by atomic mass is 10.2. The maximum atomic E-state index is 12.0. The number of halogens is 2. The predicted octanol–water partition coefficient (Wildman–Crippen LogP) is 3.64. The van der Waals surface area contributed by atoms with E-state index in [0.29, 0.717) is 22.0 Å². The summed E-state index contributed by atoms with van der Waals surface area (Å²) in [7, 11) is 0. The fourth-order valence-corrected chi connectivity index (χ4v) is 2.07. The maximum absolute atomic E-state index is 12.0. The first-order valence-corrected chi connectivity index (χ1v) is 6.62. The first-order chi connectivity index (χ1) is 8.97. The van der Waals surface area contributed by atoms with Crippen LogP contribution in [0.4, 0.5) is 11.4 Å². The highest BCUT2D eigenvalue weighted by atomic mass is 79.9. The van der Waals surface area contributed by atoms with E-state index in [2.05, 4.69) is 26.2 Å². The van der Waals surface area contributed by atoms with Gasteiger partial charge >= 0.3 is 0 Å². The standard InChI is InChI=1S/C13H11BrClN3O/c1-7-2-11(16)12(4-10(7)15)18-13(19)8-3-9(14)6-17-5-8/h2-6H,16H2,1H3,(H,18,19). The van der Waals surface area contributed by atoms with E-state index in [9.17, 15) is 4.79 Å². The topological polar surface area (TPSA) is 68.0 Å². The number of nitrogens with two attached hydrogens (primary N) is 1. The number of aryl methyl sites for hydroxylation is 1. The predicted molar refractivity (Wildman–Crippen MR) is 80.5 cm³/mol. The molecule has 0 bridgehead atoms. The summed E-state index contributed by atoms with van der Waals surface area (Å²) < 4.78 is 0.732. The van der Waals surface area contributed by atoms with E-state index in [1.165, 1.54) is 6.20 Å². The molecule has 19 heavy (non-hydrogen) atoms. The number of carbonyl (C=O) groups excluding carboxylic acids is 1. The lowest BCUT2D eigenvalue weighted by molar-refractivity contribution is 0.102. The molecule has 98 valence electrons. The maximum Gasteiger partial charge on any atom is 0.257 e. The molecule has 1 heterocycles. The van der Waals surface area contributed by atoms with Crippen LogP contribution in [0.3, 0.4) is 0 Å². The SMILES string of the molecule is Cc1cc(N)c(NC(=O)c2cncc(Br)c2)cc1Cl. The highest BCUT2D eigenvalue weighted by Gasteiger charge is 2.10. The molecule has 1 amide bonds. The number of rotatable bonds is 2. The summed E-state index contributed by atoms with van der Waals surface area (Å²) in [6.45, 7) is 1.85. The number of nitrogen functional groups attached to an aromatic ring is 1. The van der Waals surface area contributed by atoms with Gasteiger partial charge in [0.05, 0.1) is 16.9 Å². The number of anilines is 2. The molecule has 0 aliphatic carbocycles. The van der Waals surface area contributed by atoms with Gasteiger partial charge in [0.1, 0.15) is 0 Å². The highest BCUT2D eigenvalue weighted by Crippen LogP contribution is 2.27. The summed E-state index contributed by atoms with van der Waals surface area (Å²) in [5.74, 6) is -0.291. The van der Waals surface area contributed by atoms with Crippen molar-refractivity contribution in [2.75, 3.05) is 11.1 Å². The van der Waals surface area contributed by atoms with Gasteiger partial charge in [0.2, 0.25) is 0 Å². The van der Waals surface area contributed by atoms with E-state index >= 15 is 0 Å². The van der Waals surface area contributed by atoms with Crippen molar-refractivity contribution >= 4 is 44.8 Å². The summed E-state index contributed by atoms with van der Waals surface area (Å²) >= 11 is 9.28. The number of benzene rings is 1. The first-order valence-electron chi connectivity index (χ1n) is 5.45. The van der Waals surface area contributed by atoms with Gasteiger partial charge in [-0.05, 0) is 46.6 Å². The zero-order chi connectivity index (χ0) is 14.0. The summed E-state index contributed by atoms with van der Waals surface area (Å²) in [5, 5.41) is 3.27. The molecule has 2 aromatic rings. The van der Waals surface area contributed by atoms with Crippen molar-refractivity contribution in [3.05, 3.63) is 51.2 Å². The monoisotopic (exact) mass is 339 g/mol. The van der Waals surface area contributed by atoms with Crippen LogP contribution in [0.5, 0.6) is 0 Å². The number of hydrogen-bond acceptors (Lipinski definition) is 3. The molecular formula is C13H11BrClN3O. The van der Waals surface area contributed by atoms with Gasteiger partial charge in [-0.25, -0.2) is 0 Å². The van der Waals surface area contributed by atoms with Gasteiger partial charge in [0.15, 0.2) is 0 Å². The van der Waals surface area contributed by atoms with Crippen LogP contribution < -0.4 is 11.1 Å². The van der Waals surface area contributed by atoms with Gasteiger partial charge in [-0.3, -0.25) is 9.78 Å². The van der Waals surface area contributed by atoms with Crippen LogP contribution in [0.1, 0.15) is 15.9 Å². The Balaban J connectivity index is 2.27. The average Bonchev–Trinajstić information content (AvgIpc) is 2.36. The number of nitrogens with one attached hydrogen (secondary N) is 1. The molecule has 0 unspecified atom stereocenters. The molecule has 0 aliphatic rings. The third-order valence-corrected chi connectivity index (χ3v) is 3.39. The van der Waals surface area contributed by atoms with Crippen LogP contribution >= 0.6 is 27.5 Å². The van der Waals surface area contributed by atoms with Gasteiger partial charge in [0, 0.05) is 21.9 Å². The number of aromatic nitrogens is 1. The summed E-state index contributed by atoms with van der Waals surface area (Å²) in [5.41, 5.74) is 8.10. The Hall–Kier alpha value is -1.59. The molecule has 0 radical (unpaired) electrons. The van der Waals surface area contributed by atoms with Gasteiger partial charge in [-0.2, -0.15) is 0 Å². The summed E-state index contributed by atoms with van der Waals surface area (Å²) in [4.78, 5) is 16.0. The lowest BCUT2D eigenvalue weighted by Gasteiger charge is -2.10. The Kier molecular flexibility index (Phi) is 4.07. The average molecular weight is 341 g/mol. The van der Waals surface area contributed by atoms with E-state index in [0.717, 1.165) is 10.0 Å². The first kappa shape index (κ1) is 13.8. The quantitative estimate of drug-likeness (QED) is 0.820. The second-order valence-corrected chi connectivity index (χ2v) is 5.36. The van der Waals surface area contributed by atoms with Crippen molar-refractivity contribution in [1.82, 2.24) is 4.98 Å². The van der Waals surface area contributed by atoms with Crippen molar-refractivity contribution in [2.24, 2.45) is 0 Å². The molecule has 0 atom stereocenters. The summed E-state index contributed by atoms with van der Waals surface area (Å²) in [6.07, 6.45) is 3.08. The van der Waals surface area contributed by atoms with Crippen LogP contribution in [0.15, 0.2) is 35.1 Å². The Morgan fingerprint density at radius 1 is 1.37 bits per heavy atom. The molecule has 0 saturated carbocycles. The van der Waals surface area contributed by atoms with Crippen molar-refractivity contribution < 1.29 is 4.79 Å². The Morgan fingerprint density at radius 2 is 2.11 bits per heavy atom. The van der Waals surface area contributed by atoms with Crippen molar-refractivity contribution in [3.8, 4) is 0 Å². The van der Waals surface area contributed by atoms with Crippen LogP contribution in [0.25, 0.3) is 0 Å². The molecule has 1 aromatic carbocycles. The van der Waals surface area contributed by atoms with E-state index < -0.39 is 0 Å². The van der Waals surface area contributed by atoms with Gasteiger partial charge in [-0.1, -0.05) is 11.6 Å². The Bertz CT molecular complexity index is 646. The molecule has 6 heteroatoms. The fourth-order valence-electron chi connectivity index (χ4n) is 1.54. The zero-order valence-electron chi connectivity index (χ0n) is 10.1. The van der Waals surface area contributed by atoms with Crippen LogP contribution in [-0.4, -0.2) is 10.9 Å². The number of amides is 1. The van der Waals surface area contributed by atoms with Gasteiger partial charge in [-0.15, -0.1) is 0 Å². The molecule has 0 fully saturated rings. The van der Waals surface area contributed by atoms with E-state index in [1.807, 2.05) is 6.92 Å². The molecule has 0 aliphatic heterocycles. The van der Waals surface area contributed by atoms with Crippen LogP contribution in [-0.2, 0) is 0 Å². The fraction of sp³-hybridized carbons (Fsp3) is 0.0769. The van der Waals surface area contributed by atoms with Crippen molar-refractivity contribution in [2.45, 2.75) is 6.92 Å². The highest BCUT2D eigenvalue weighted by molar-refractivity contribution is 9.10. The minimum absolute atomic E-state index is 0.291. The normalized spacial score (nSPS) is 10.3. The molecule has 0 saturated heterocycles. The second kappa shape index (κ2) is 5.59. The molecule has 2 rings (SSSR count). The number of hydrogen-bond donors (Lipinski definition) is 2. The largest absolute Gasteiger partial charge is 0.397 e. The molecule has 0 spiro atoms. The minimum atomic E-state index is -0.291. The number of carbonyl (C=O) groups is 1. The second-order valence-electron chi connectivity index (χ2n) is 4.03. The number of nitrogens with zero attached hydrogens (tertiary/aromatic N) is 1.